The Morgan fingerprint density at radius 1 is 1.71 bits per heavy atom. The molecule has 0 amide bonds. The predicted octanol–water partition coefficient (Wildman–Crippen LogP) is 0.552. The summed E-state index contributed by atoms with van der Waals surface area (Å²) in [5, 5.41) is 0.808. The second-order valence-electron chi connectivity index (χ2n) is 1.15. The third-order valence-electron chi connectivity index (χ3n) is 0.602. The van der Waals surface area contributed by atoms with Crippen molar-refractivity contribution in [3.8, 4) is 0 Å². The average molecular weight is 114 g/mol. The third kappa shape index (κ3) is 1.16. The summed E-state index contributed by atoms with van der Waals surface area (Å²) in [6.07, 6.45) is 5.55. The van der Waals surface area contributed by atoms with Crippen molar-refractivity contribution < 1.29 is 0 Å². The zero-order valence-electron chi connectivity index (χ0n) is 3.72. The Morgan fingerprint density at radius 2 is 2.57 bits per heavy atom. The lowest BCUT2D eigenvalue weighted by atomic mass is 10.6. The zero-order chi connectivity index (χ0) is 5.11. The molecule has 0 aliphatic carbocycles. The number of hydrogen-bond donors (Lipinski definition) is 2. The van der Waals surface area contributed by atoms with Gasteiger partial charge in [-0.3, -0.25) is 0 Å². The Kier molecular flexibility index (Phi) is 1.26. The van der Waals surface area contributed by atoms with Crippen LogP contribution < -0.4 is 10.5 Å². The van der Waals surface area contributed by atoms with Gasteiger partial charge in [-0.05, 0) is 12.2 Å². The molecule has 0 bridgehead atoms. The van der Waals surface area contributed by atoms with Crippen LogP contribution in [0.1, 0.15) is 0 Å². The number of hydrogen-bond acceptors (Lipinski definition) is 3. The molecular formula is C4H6N2S. The zero-order valence-corrected chi connectivity index (χ0v) is 4.53. The van der Waals surface area contributed by atoms with Gasteiger partial charge in [-0.15, -0.1) is 0 Å². The molecule has 0 radical (unpaired) electrons. The first-order chi connectivity index (χ1) is 3.39. The molecule has 0 spiro atoms. The van der Waals surface area contributed by atoms with Crippen LogP contribution in [0, 0.1) is 0 Å². The van der Waals surface area contributed by atoms with E-state index in [9.17, 15) is 0 Å². The predicted molar refractivity (Wildman–Crippen MR) is 32.1 cm³/mol. The SMILES string of the molecule is NC1=CC=CNS1. The lowest BCUT2D eigenvalue weighted by Crippen LogP contribution is -2.02. The lowest BCUT2D eigenvalue weighted by Gasteiger charge is -2.01. The van der Waals surface area contributed by atoms with Crippen molar-refractivity contribution in [3.05, 3.63) is 23.4 Å². The normalized spacial score (nSPS) is 18.0. The van der Waals surface area contributed by atoms with Crippen molar-refractivity contribution in [1.29, 1.82) is 0 Å². The summed E-state index contributed by atoms with van der Waals surface area (Å²) in [6, 6.07) is 0. The second-order valence-corrected chi connectivity index (χ2v) is 2.06. The maximum atomic E-state index is 5.35. The summed E-state index contributed by atoms with van der Waals surface area (Å²) in [5.41, 5.74) is 5.35. The van der Waals surface area contributed by atoms with Gasteiger partial charge >= 0.3 is 0 Å². The number of nitrogens with one attached hydrogen (secondary N) is 1. The summed E-state index contributed by atoms with van der Waals surface area (Å²) in [5.74, 6) is 0. The van der Waals surface area contributed by atoms with Gasteiger partial charge in [-0.1, -0.05) is 0 Å². The molecule has 0 saturated carbocycles. The van der Waals surface area contributed by atoms with E-state index < -0.39 is 0 Å². The highest BCUT2D eigenvalue weighted by Gasteiger charge is 1.88. The molecule has 1 aliphatic rings. The number of rotatable bonds is 0. The second kappa shape index (κ2) is 1.93. The molecule has 0 saturated heterocycles. The first-order valence-corrected chi connectivity index (χ1v) is 2.76. The molecule has 0 unspecified atom stereocenters. The van der Waals surface area contributed by atoms with E-state index in [4.69, 9.17) is 5.73 Å². The molecule has 1 aliphatic heterocycles. The van der Waals surface area contributed by atoms with E-state index in [-0.39, 0.29) is 0 Å². The summed E-state index contributed by atoms with van der Waals surface area (Å²) in [7, 11) is 0. The van der Waals surface area contributed by atoms with Crippen LogP contribution in [0.5, 0.6) is 0 Å². The van der Waals surface area contributed by atoms with E-state index in [1.807, 2.05) is 18.4 Å². The van der Waals surface area contributed by atoms with E-state index >= 15 is 0 Å². The minimum atomic E-state index is 0.808. The first kappa shape index (κ1) is 4.59. The summed E-state index contributed by atoms with van der Waals surface area (Å²) in [6.45, 7) is 0. The highest BCUT2D eigenvalue weighted by molar-refractivity contribution is 8.01. The molecule has 3 heteroatoms. The van der Waals surface area contributed by atoms with Crippen molar-refractivity contribution in [2.75, 3.05) is 0 Å². The van der Waals surface area contributed by atoms with Crippen LogP contribution in [0.15, 0.2) is 23.4 Å². The maximum absolute atomic E-state index is 5.35. The van der Waals surface area contributed by atoms with E-state index in [0.717, 1.165) is 5.03 Å². The Hall–Kier alpha value is -0.570. The topological polar surface area (TPSA) is 38.0 Å². The van der Waals surface area contributed by atoms with Gasteiger partial charge < -0.3 is 10.5 Å². The molecule has 1 heterocycles. The van der Waals surface area contributed by atoms with E-state index in [0.29, 0.717) is 0 Å². The highest BCUT2D eigenvalue weighted by Crippen LogP contribution is 2.06. The van der Waals surface area contributed by atoms with Gasteiger partial charge in [0, 0.05) is 18.1 Å². The van der Waals surface area contributed by atoms with E-state index in [1.54, 1.807) is 0 Å². The molecule has 0 atom stereocenters. The summed E-state index contributed by atoms with van der Waals surface area (Å²) >= 11 is 1.42. The maximum Gasteiger partial charge on any atom is 0.0866 e. The smallest absolute Gasteiger partial charge is 0.0866 e. The van der Waals surface area contributed by atoms with Crippen LogP contribution in [-0.2, 0) is 0 Å². The molecule has 0 aromatic carbocycles. The van der Waals surface area contributed by atoms with Gasteiger partial charge in [0.2, 0.25) is 0 Å². The van der Waals surface area contributed by atoms with Crippen molar-refractivity contribution in [2.24, 2.45) is 5.73 Å². The largest absolute Gasteiger partial charge is 0.392 e. The summed E-state index contributed by atoms with van der Waals surface area (Å²) < 4.78 is 2.88. The van der Waals surface area contributed by atoms with Crippen molar-refractivity contribution in [2.45, 2.75) is 0 Å². The van der Waals surface area contributed by atoms with E-state index in [1.165, 1.54) is 11.9 Å². The van der Waals surface area contributed by atoms with Gasteiger partial charge in [0.1, 0.15) is 0 Å². The van der Waals surface area contributed by atoms with Crippen molar-refractivity contribution in [3.63, 3.8) is 0 Å². The Balaban J connectivity index is 2.57. The van der Waals surface area contributed by atoms with Crippen LogP contribution in [-0.4, -0.2) is 0 Å². The molecule has 7 heavy (non-hydrogen) atoms. The van der Waals surface area contributed by atoms with Crippen LogP contribution in [0.3, 0.4) is 0 Å². The lowest BCUT2D eigenvalue weighted by molar-refractivity contribution is 1.37. The fourth-order valence-electron chi connectivity index (χ4n) is 0.318. The molecule has 2 nitrogen and oxygen atoms in total. The summed E-state index contributed by atoms with van der Waals surface area (Å²) in [4.78, 5) is 0. The molecular weight excluding hydrogens is 108 g/mol. The van der Waals surface area contributed by atoms with Gasteiger partial charge in [-0.25, -0.2) is 0 Å². The molecule has 1 rings (SSSR count). The third-order valence-corrected chi connectivity index (χ3v) is 1.23. The fraction of sp³-hybridized carbons (Fsp3) is 0. The molecule has 3 N–H and O–H groups in total. The van der Waals surface area contributed by atoms with Crippen LogP contribution in [0.4, 0.5) is 0 Å². The minimum absolute atomic E-state index is 0.808. The fourth-order valence-corrected chi connectivity index (χ4v) is 0.748. The van der Waals surface area contributed by atoms with Gasteiger partial charge in [-0.2, -0.15) is 0 Å². The minimum Gasteiger partial charge on any atom is -0.392 e. The van der Waals surface area contributed by atoms with E-state index in [2.05, 4.69) is 4.72 Å². The molecule has 38 valence electrons. The van der Waals surface area contributed by atoms with Gasteiger partial charge in [0.15, 0.2) is 0 Å². The van der Waals surface area contributed by atoms with Gasteiger partial charge in [0.05, 0.1) is 5.03 Å². The quantitative estimate of drug-likeness (QED) is 0.452. The molecule has 0 fully saturated rings. The standard InChI is InChI=1S/C4H6N2S/c5-4-2-1-3-6-7-4/h1-3,6H,5H2. The number of nitrogens with two attached hydrogens (primary N) is 1. The molecule has 0 aromatic heterocycles. The van der Waals surface area contributed by atoms with Gasteiger partial charge in [0.25, 0.3) is 0 Å². The Morgan fingerprint density at radius 3 is 2.86 bits per heavy atom. The van der Waals surface area contributed by atoms with Crippen LogP contribution in [0.25, 0.3) is 0 Å². The van der Waals surface area contributed by atoms with Crippen molar-refractivity contribution >= 4 is 11.9 Å². The highest BCUT2D eigenvalue weighted by atomic mass is 32.2. The van der Waals surface area contributed by atoms with Crippen LogP contribution in [0.2, 0.25) is 0 Å². The Labute approximate surface area is 46.6 Å². The monoisotopic (exact) mass is 114 g/mol. The first-order valence-electron chi connectivity index (χ1n) is 1.94. The van der Waals surface area contributed by atoms with Crippen LogP contribution >= 0.6 is 11.9 Å². The average Bonchev–Trinajstić information content (AvgIpc) is 1.69. The molecule has 0 aromatic rings. The number of allylic oxidation sites excluding steroid dienone is 2. The Bertz CT molecular complexity index is 117. The van der Waals surface area contributed by atoms with Crippen molar-refractivity contribution in [1.82, 2.24) is 4.72 Å².